The van der Waals surface area contributed by atoms with Crippen LogP contribution in [0.3, 0.4) is 0 Å². The van der Waals surface area contributed by atoms with Crippen LogP contribution in [0.5, 0.6) is 0 Å². The topological polar surface area (TPSA) is 15.3 Å². The van der Waals surface area contributed by atoms with Crippen LogP contribution in [0.4, 0.5) is 0 Å². The minimum absolute atomic E-state index is 0.456. The Bertz CT molecular complexity index is 188. The van der Waals surface area contributed by atoms with Gasteiger partial charge in [0.15, 0.2) is 0 Å². The lowest BCUT2D eigenvalue weighted by Gasteiger charge is -2.37. The molecule has 0 bridgehead atoms. The number of hydrogen-bond donors (Lipinski definition) is 1. The zero-order valence-corrected chi connectivity index (χ0v) is 13.7. The summed E-state index contributed by atoms with van der Waals surface area (Å²) in [6.07, 6.45) is 5.05. The minimum Gasteiger partial charge on any atom is -0.316 e. The summed E-state index contributed by atoms with van der Waals surface area (Å²) < 4.78 is 0. The fourth-order valence-corrected chi connectivity index (χ4v) is 2.61. The largest absolute Gasteiger partial charge is 0.316 e. The SMILES string of the molecule is CCCNCC(CC)(CC)CN(C)CC(C)CC. The van der Waals surface area contributed by atoms with Gasteiger partial charge in [-0.25, -0.2) is 0 Å². The van der Waals surface area contributed by atoms with Gasteiger partial charge in [-0.1, -0.05) is 41.0 Å². The summed E-state index contributed by atoms with van der Waals surface area (Å²) in [5.74, 6) is 0.810. The maximum atomic E-state index is 3.62. The molecule has 1 atom stereocenters. The van der Waals surface area contributed by atoms with E-state index < -0.39 is 0 Å². The zero-order chi connectivity index (χ0) is 14.0. The van der Waals surface area contributed by atoms with E-state index in [1.165, 1.54) is 45.3 Å². The fraction of sp³-hybridized carbons (Fsp3) is 1.00. The minimum atomic E-state index is 0.456. The molecule has 0 aliphatic heterocycles. The molecule has 1 N–H and O–H groups in total. The van der Waals surface area contributed by atoms with E-state index in [2.05, 4.69) is 51.9 Å². The molecular formula is C16H36N2. The zero-order valence-electron chi connectivity index (χ0n) is 13.7. The summed E-state index contributed by atoms with van der Waals surface area (Å²) in [5, 5.41) is 3.62. The van der Waals surface area contributed by atoms with Crippen molar-refractivity contribution in [3.63, 3.8) is 0 Å². The number of nitrogens with zero attached hydrogens (tertiary/aromatic N) is 1. The van der Waals surface area contributed by atoms with Crippen molar-refractivity contribution in [2.75, 3.05) is 33.2 Å². The summed E-state index contributed by atoms with van der Waals surface area (Å²) in [6.45, 7) is 16.3. The Morgan fingerprint density at radius 2 is 1.72 bits per heavy atom. The third kappa shape index (κ3) is 6.75. The molecule has 0 aromatic carbocycles. The van der Waals surface area contributed by atoms with Gasteiger partial charge in [0, 0.05) is 19.6 Å². The quantitative estimate of drug-likeness (QED) is 0.566. The van der Waals surface area contributed by atoms with Crippen LogP contribution >= 0.6 is 0 Å². The van der Waals surface area contributed by atoms with E-state index in [1.807, 2.05) is 0 Å². The highest BCUT2D eigenvalue weighted by atomic mass is 15.1. The molecule has 0 heterocycles. The fourth-order valence-electron chi connectivity index (χ4n) is 2.61. The van der Waals surface area contributed by atoms with Crippen molar-refractivity contribution in [1.82, 2.24) is 10.2 Å². The first kappa shape index (κ1) is 17.9. The Kier molecular flexibility index (Phi) is 9.76. The van der Waals surface area contributed by atoms with Gasteiger partial charge in [-0.3, -0.25) is 0 Å². The number of hydrogen-bond acceptors (Lipinski definition) is 2. The van der Waals surface area contributed by atoms with Crippen molar-refractivity contribution in [1.29, 1.82) is 0 Å². The van der Waals surface area contributed by atoms with Gasteiger partial charge in [-0.15, -0.1) is 0 Å². The predicted octanol–water partition coefficient (Wildman–Crippen LogP) is 3.77. The van der Waals surface area contributed by atoms with E-state index in [0.29, 0.717) is 5.41 Å². The van der Waals surface area contributed by atoms with E-state index in [4.69, 9.17) is 0 Å². The lowest BCUT2D eigenvalue weighted by molar-refractivity contribution is 0.143. The molecule has 18 heavy (non-hydrogen) atoms. The first-order valence-electron chi connectivity index (χ1n) is 7.92. The maximum absolute atomic E-state index is 3.62. The van der Waals surface area contributed by atoms with Crippen LogP contribution < -0.4 is 5.32 Å². The number of rotatable bonds is 11. The molecule has 0 spiro atoms. The molecular weight excluding hydrogens is 220 g/mol. The van der Waals surface area contributed by atoms with Crippen LogP contribution in [0.2, 0.25) is 0 Å². The molecule has 0 radical (unpaired) electrons. The van der Waals surface area contributed by atoms with Gasteiger partial charge in [0.25, 0.3) is 0 Å². The van der Waals surface area contributed by atoms with Crippen molar-refractivity contribution in [3.05, 3.63) is 0 Å². The van der Waals surface area contributed by atoms with Crippen molar-refractivity contribution in [2.24, 2.45) is 11.3 Å². The molecule has 0 saturated carbocycles. The van der Waals surface area contributed by atoms with Gasteiger partial charge in [0.2, 0.25) is 0 Å². The first-order valence-corrected chi connectivity index (χ1v) is 7.92. The molecule has 0 aliphatic carbocycles. The molecule has 0 saturated heterocycles. The van der Waals surface area contributed by atoms with E-state index in [9.17, 15) is 0 Å². The van der Waals surface area contributed by atoms with Crippen LogP contribution in [0.1, 0.15) is 60.3 Å². The van der Waals surface area contributed by atoms with Gasteiger partial charge in [0.1, 0.15) is 0 Å². The van der Waals surface area contributed by atoms with Gasteiger partial charge in [0.05, 0.1) is 0 Å². The Morgan fingerprint density at radius 3 is 2.17 bits per heavy atom. The third-order valence-corrected chi connectivity index (χ3v) is 4.35. The second kappa shape index (κ2) is 9.80. The molecule has 0 fully saturated rings. The highest BCUT2D eigenvalue weighted by Gasteiger charge is 2.27. The maximum Gasteiger partial charge on any atom is 0.00470 e. The summed E-state index contributed by atoms with van der Waals surface area (Å²) in [7, 11) is 2.28. The average Bonchev–Trinajstić information content (AvgIpc) is 2.37. The van der Waals surface area contributed by atoms with Crippen molar-refractivity contribution in [2.45, 2.75) is 60.3 Å². The molecule has 0 aromatic heterocycles. The van der Waals surface area contributed by atoms with Crippen LogP contribution in [0.15, 0.2) is 0 Å². The van der Waals surface area contributed by atoms with Crippen molar-refractivity contribution < 1.29 is 0 Å². The van der Waals surface area contributed by atoms with E-state index in [-0.39, 0.29) is 0 Å². The number of nitrogens with one attached hydrogen (secondary N) is 1. The molecule has 0 rings (SSSR count). The summed E-state index contributed by atoms with van der Waals surface area (Å²) >= 11 is 0. The summed E-state index contributed by atoms with van der Waals surface area (Å²) in [5.41, 5.74) is 0.456. The monoisotopic (exact) mass is 256 g/mol. The predicted molar refractivity (Wildman–Crippen MR) is 83.1 cm³/mol. The lowest BCUT2D eigenvalue weighted by atomic mass is 9.81. The Labute approximate surface area is 116 Å². The highest BCUT2D eigenvalue weighted by Crippen LogP contribution is 2.27. The van der Waals surface area contributed by atoms with Gasteiger partial charge < -0.3 is 10.2 Å². The second-order valence-electron chi connectivity index (χ2n) is 6.09. The van der Waals surface area contributed by atoms with Crippen molar-refractivity contribution in [3.8, 4) is 0 Å². The van der Waals surface area contributed by atoms with Crippen LogP contribution in [0, 0.1) is 11.3 Å². The van der Waals surface area contributed by atoms with Crippen LogP contribution in [0.25, 0.3) is 0 Å². The highest BCUT2D eigenvalue weighted by molar-refractivity contribution is 4.82. The first-order chi connectivity index (χ1) is 8.53. The Balaban J connectivity index is 4.30. The third-order valence-electron chi connectivity index (χ3n) is 4.35. The molecule has 0 amide bonds. The summed E-state index contributed by atoms with van der Waals surface area (Å²) in [6, 6.07) is 0. The second-order valence-corrected chi connectivity index (χ2v) is 6.09. The van der Waals surface area contributed by atoms with Crippen LogP contribution in [-0.2, 0) is 0 Å². The normalized spacial score (nSPS) is 14.2. The van der Waals surface area contributed by atoms with Gasteiger partial charge >= 0.3 is 0 Å². The molecule has 0 aliphatic rings. The standard InChI is InChI=1S/C16H36N2/c1-7-11-17-13-16(9-3,10-4)14-18(6)12-15(5)8-2/h15,17H,7-14H2,1-6H3. The molecule has 2 heteroatoms. The molecule has 1 unspecified atom stereocenters. The molecule has 2 nitrogen and oxygen atoms in total. The van der Waals surface area contributed by atoms with Gasteiger partial charge in [-0.05, 0) is 44.2 Å². The molecule has 0 aromatic rings. The lowest BCUT2D eigenvalue weighted by Crippen LogP contribution is -2.43. The average molecular weight is 256 g/mol. The van der Waals surface area contributed by atoms with E-state index in [0.717, 1.165) is 12.5 Å². The van der Waals surface area contributed by atoms with Crippen molar-refractivity contribution >= 4 is 0 Å². The summed E-state index contributed by atoms with van der Waals surface area (Å²) in [4.78, 5) is 2.54. The Hall–Kier alpha value is -0.0800. The van der Waals surface area contributed by atoms with Gasteiger partial charge in [-0.2, -0.15) is 0 Å². The smallest absolute Gasteiger partial charge is 0.00470 e. The van der Waals surface area contributed by atoms with E-state index in [1.54, 1.807) is 0 Å². The Morgan fingerprint density at radius 1 is 1.11 bits per heavy atom. The molecule has 110 valence electrons. The van der Waals surface area contributed by atoms with E-state index >= 15 is 0 Å². The van der Waals surface area contributed by atoms with Crippen LogP contribution in [-0.4, -0.2) is 38.1 Å².